The van der Waals surface area contributed by atoms with Crippen LogP contribution in [0.5, 0.6) is 0 Å². The summed E-state index contributed by atoms with van der Waals surface area (Å²) in [5, 5.41) is 5.22. The third-order valence-corrected chi connectivity index (χ3v) is 3.34. The zero-order valence-electron chi connectivity index (χ0n) is 15.1. The van der Waals surface area contributed by atoms with Crippen molar-refractivity contribution in [2.45, 2.75) is 53.2 Å². The lowest BCUT2D eigenvalue weighted by Gasteiger charge is -2.23. The molecule has 0 aromatic heterocycles. The molecule has 132 valence electrons. The Kier molecular flexibility index (Phi) is 6.51. The standard InChI is InChI=1S/C18H26N2O4/c1-11-7-8-14(9-12(11)2)17(23)19-10-15(21)24-13(3)16(22)20-18(4,5)6/h7-9,13H,10H2,1-6H3,(H,19,23)(H,20,22)/t13-/m0/s1. The van der Waals surface area contributed by atoms with Crippen LogP contribution in [0.15, 0.2) is 18.2 Å². The number of ether oxygens (including phenoxy) is 1. The maximum Gasteiger partial charge on any atom is 0.326 e. The normalized spacial score (nSPS) is 12.2. The molecule has 0 radical (unpaired) electrons. The Balaban J connectivity index is 2.49. The van der Waals surface area contributed by atoms with Crippen LogP contribution in [0.2, 0.25) is 0 Å². The van der Waals surface area contributed by atoms with Crippen molar-refractivity contribution in [3.8, 4) is 0 Å². The minimum Gasteiger partial charge on any atom is -0.451 e. The van der Waals surface area contributed by atoms with Crippen LogP contribution in [0, 0.1) is 13.8 Å². The molecule has 1 aromatic rings. The van der Waals surface area contributed by atoms with Crippen LogP contribution < -0.4 is 10.6 Å². The number of carbonyl (C=O) groups is 3. The first kappa shape index (κ1) is 19.7. The van der Waals surface area contributed by atoms with Gasteiger partial charge in [-0.3, -0.25) is 14.4 Å². The van der Waals surface area contributed by atoms with Crippen LogP contribution in [0.3, 0.4) is 0 Å². The van der Waals surface area contributed by atoms with E-state index in [-0.39, 0.29) is 18.4 Å². The van der Waals surface area contributed by atoms with E-state index in [2.05, 4.69) is 10.6 Å². The van der Waals surface area contributed by atoms with Crippen molar-refractivity contribution in [2.24, 2.45) is 0 Å². The van der Waals surface area contributed by atoms with E-state index in [1.165, 1.54) is 6.92 Å². The number of hydrogen-bond acceptors (Lipinski definition) is 4. The minimum absolute atomic E-state index is 0.293. The van der Waals surface area contributed by atoms with Gasteiger partial charge in [-0.05, 0) is 64.8 Å². The second-order valence-electron chi connectivity index (χ2n) is 6.85. The number of carbonyl (C=O) groups excluding carboxylic acids is 3. The van der Waals surface area contributed by atoms with Crippen molar-refractivity contribution < 1.29 is 19.1 Å². The molecule has 0 bridgehead atoms. The second kappa shape index (κ2) is 7.95. The Labute approximate surface area is 143 Å². The summed E-state index contributed by atoms with van der Waals surface area (Å²) < 4.78 is 5.02. The number of amides is 2. The van der Waals surface area contributed by atoms with Crippen LogP contribution in [0.4, 0.5) is 0 Å². The van der Waals surface area contributed by atoms with Gasteiger partial charge >= 0.3 is 5.97 Å². The predicted molar refractivity (Wildman–Crippen MR) is 91.7 cm³/mol. The first-order valence-electron chi connectivity index (χ1n) is 7.86. The average molecular weight is 334 g/mol. The van der Waals surface area contributed by atoms with Crippen molar-refractivity contribution in [2.75, 3.05) is 6.54 Å². The van der Waals surface area contributed by atoms with Gasteiger partial charge < -0.3 is 15.4 Å². The van der Waals surface area contributed by atoms with E-state index in [9.17, 15) is 14.4 Å². The molecule has 24 heavy (non-hydrogen) atoms. The molecular formula is C18H26N2O4. The zero-order valence-corrected chi connectivity index (χ0v) is 15.1. The molecule has 1 rings (SSSR count). The fraction of sp³-hybridized carbons (Fsp3) is 0.500. The first-order valence-corrected chi connectivity index (χ1v) is 7.86. The van der Waals surface area contributed by atoms with Gasteiger partial charge in [-0.15, -0.1) is 0 Å². The maximum atomic E-state index is 12.0. The van der Waals surface area contributed by atoms with Crippen LogP contribution in [0.25, 0.3) is 0 Å². The van der Waals surface area contributed by atoms with Crippen molar-refractivity contribution in [1.82, 2.24) is 10.6 Å². The highest BCUT2D eigenvalue weighted by Crippen LogP contribution is 2.09. The van der Waals surface area contributed by atoms with E-state index >= 15 is 0 Å². The minimum atomic E-state index is -0.921. The highest BCUT2D eigenvalue weighted by atomic mass is 16.5. The smallest absolute Gasteiger partial charge is 0.326 e. The summed E-state index contributed by atoms with van der Waals surface area (Å²) in [4.78, 5) is 35.6. The SMILES string of the molecule is Cc1ccc(C(=O)NCC(=O)O[C@@H](C)C(=O)NC(C)(C)C)cc1C. The fourth-order valence-electron chi connectivity index (χ4n) is 1.90. The van der Waals surface area contributed by atoms with E-state index in [1.54, 1.807) is 12.1 Å². The molecule has 0 aliphatic heterocycles. The Morgan fingerprint density at radius 1 is 1.12 bits per heavy atom. The lowest BCUT2D eigenvalue weighted by Crippen LogP contribution is -2.46. The number of aryl methyl sites for hydroxylation is 2. The Bertz CT molecular complexity index is 632. The number of rotatable bonds is 5. The average Bonchev–Trinajstić information content (AvgIpc) is 2.45. The van der Waals surface area contributed by atoms with Gasteiger partial charge in [0.2, 0.25) is 0 Å². The molecule has 0 unspecified atom stereocenters. The van der Waals surface area contributed by atoms with E-state index in [0.29, 0.717) is 5.56 Å². The van der Waals surface area contributed by atoms with Gasteiger partial charge in [-0.25, -0.2) is 0 Å². The quantitative estimate of drug-likeness (QED) is 0.805. The zero-order chi connectivity index (χ0) is 18.5. The van der Waals surface area contributed by atoms with Gasteiger partial charge in [0.1, 0.15) is 6.54 Å². The number of hydrogen-bond donors (Lipinski definition) is 2. The topological polar surface area (TPSA) is 84.5 Å². The van der Waals surface area contributed by atoms with Crippen LogP contribution in [-0.2, 0) is 14.3 Å². The Hall–Kier alpha value is -2.37. The summed E-state index contributed by atoms with van der Waals surface area (Å²) in [6, 6.07) is 5.30. The van der Waals surface area contributed by atoms with Crippen LogP contribution in [-0.4, -0.2) is 36.0 Å². The van der Waals surface area contributed by atoms with Gasteiger partial charge in [-0.1, -0.05) is 6.07 Å². The van der Waals surface area contributed by atoms with Gasteiger partial charge in [0.15, 0.2) is 6.10 Å². The van der Waals surface area contributed by atoms with Crippen molar-refractivity contribution in [3.63, 3.8) is 0 Å². The molecule has 0 fully saturated rings. The molecule has 1 atom stereocenters. The van der Waals surface area contributed by atoms with Gasteiger partial charge in [0.25, 0.3) is 11.8 Å². The lowest BCUT2D eigenvalue weighted by molar-refractivity contribution is -0.154. The monoisotopic (exact) mass is 334 g/mol. The maximum absolute atomic E-state index is 12.0. The summed E-state index contributed by atoms with van der Waals surface area (Å²) in [5.74, 6) is -1.40. The summed E-state index contributed by atoms with van der Waals surface area (Å²) in [6.07, 6.45) is -0.921. The number of benzene rings is 1. The highest BCUT2D eigenvalue weighted by Gasteiger charge is 2.22. The molecule has 6 heteroatoms. The van der Waals surface area contributed by atoms with Crippen LogP contribution in [0.1, 0.15) is 49.2 Å². The Morgan fingerprint density at radius 2 is 1.75 bits per heavy atom. The summed E-state index contributed by atoms with van der Waals surface area (Å²) in [7, 11) is 0. The molecule has 2 N–H and O–H groups in total. The molecular weight excluding hydrogens is 308 g/mol. The number of esters is 1. The third kappa shape index (κ3) is 6.40. The third-order valence-electron chi connectivity index (χ3n) is 3.34. The van der Waals surface area contributed by atoms with Gasteiger partial charge in [-0.2, -0.15) is 0 Å². The van der Waals surface area contributed by atoms with E-state index < -0.39 is 17.6 Å². The van der Waals surface area contributed by atoms with Crippen molar-refractivity contribution in [1.29, 1.82) is 0 Å². The van der Waals surface area contributed by atoms with Crippen molar-refractivity contribution >= 4 is 17.8 Å². The molecule has 0 spiro atoms. The van der Waals surface area contributed by atoms with E-state index in [4.69, 9.17) is 4.74 Å². The molecule has 0 heterocycles. The fourth-order valence-corrected chi connectivity index (χ4v) is 1.90. The molecule has 2 amide bonds. The van der Waals surface area contributed by atoms with Gasteiger partial charge in [0, 0.05) is 11.1 Å². The predicted octanol–water partition coefficient (Wildman–Crippen LogP) is 1.88. The first-order chi connectivity index (χ1) is 11.0. The Morgan fingerprint density at radius 3 is 2.29 bits per heavy atom. The van der Waals surface area contributed by atoms with E-state index in [1.807, 2.05) is 40.7 Å². The van der Waals surface area contributed by atoms with Crippen LogP contribution >= 0.6 is 0 Å². The lowest BCUT2D eigenvalue weighted by atomic mass is 10.1. The molecule has 1 aromatic carbocycles. The van der Waals surface area contributed by atoms with E-state index in [0.717, 1.165) is 11.1 Å². The molecule has 0 aliphatic carbocycles. The largest absolute Gasteiger partial charge is 0.451 e. The second-order valence-corrected chi connectivity index (χ2v) is 6.85. The number of nitrogens with one attached hydrogen (secondary N) is 2. The molecule has 0 saturated heterocycles. The molecule has 6 nitrogen and oxygen atoms in total. The molecule has 0 saturated carbocycles. The summed E-state index contributed by atoms with van der Waals surface area (Å²) in [6.45, 7) is 10.6. The highest BCUT2D eigenvalue weighted by molar-refractivity contribution is 5.96. The summed E-state index contributed by atoms with van der Waals surface area (Å²) in [5.41, 5.74) is 2.15. The summed E-state index contributed by atoms with van der Waals surface area (Å²) >= 11 is 0. The molecule has 0 aliphatic rings. The van der Waals surface area contributed by atoms with Crippen molar-refractivity contribution in [3.05, 3.63) is 34.9 Å². The van der Waals surface area contributed by atoms with Gasteiger partial charge in [0.05, 0.1) is 0 Å².